The van der Waals surface area contributed by atoms with Crippen molar-refractivity contribution in [3.63, 3.8) is 0 Å². The zero-order valence-electron chi connectivity index (χ0n) is 12.2. The van der Waals surface area contributed by atoms with Gasteiger partial charge in [0.05, 0.1) is 23.4 Å². The molecule has 3 aromatic rings. The van der Waals surface area contributed by atoms with Crippen LogP contribution in [0.15, 0.2) is 27.9 Å². The molecule has 0 radical (unpaired) electrons. The van der Waals surface area contributed by atoms with E-state index in [1.54, 1.807) is 11.8 Å². The van der Waals surface area contributed by atoms with Crippen LogP contribution in [0.2, 0.25) is 0 Å². The molecule has 0 bridgehead atoms. The van der Waals surface area contributed by atoms with E-state index in [9.17, 15) is 0 Å². The summed E-state index contributed by atoms with van der Waals surface area (Å²) in [5.41, 5.74) is 3.24. The number of nitrogens with one attached hydrogen (secondary N) is 1. The van der Waals surface area contributed by atoms with Crippen molar-refractivity contribution in [3.05, 3.63) is 35.5 Å². The van der Waals surface area contributed by atoms with Gasteiger partial charge in [-0.25, -0.2) is 4.98 Å². The van der Waals surface area contributed by atoms with Crippen LogP contribution >= 0.6 is 11.8 Å². The molecule has 0 unspecified atom stereocenters. The third-order valence-electron chi connectivity index (χ3n) is 3.73. The van der Waals surface area contributed by atoms with Crippen LogP contribution in [0.4, 0.5) is 0 Å². The first kappa shape index (κ1) is 13.8. The fourth-order valence-electron chi connectivity index (χ4n) is 2.53. The predicted octanol–water partition coefficient (Wildman–Crippen LogP) is 3.05. The van der Waals surface area contributed by atoms with Gasteiger partial charge in [-0.15, -0.1) is 0 Å². The fraction of sp³-hybridized carbons (Fsp3) is 0.400. The van der Waals surface area contributed by atoms with E-state index in [-0.39, 0.29) is 5.92 Å². The number of H-pyrrole nitrogens is 1. The summed E-state index contributed by atoms with van der Waals surface area (Å²) in [6.45, 7) is 3.54. The Morgan fingerprint density at radius 1 is 1.36 bits per heavy atom. The van der Waals surface area contributed by atoms with Crippen LogP contribution in [0.25, 0.3) is 11.0 Å². The lowest BCUT2D eigenvalue weighted by atomic mass is 10.1. The standard InChI is InChI=1S/C15H16N4O2S/c1-9-2-3-11-12(6-9)17-15(16-11)22-8-13-18-14(19-21-13)10-4-5-20-7-10/h2-3,6,10H,4-5,7-8H2,1H3,(H,16,17)/t10-/m1/s1. The highest BCUT2D eigenvalue weighted by molar-refractivity contribution is 7.98. The average molecular weight is 316 g/mol. The summed E-state index contributed by atoms with van der Waals surface area (Å²) >= 11 is 1.57. The van der Waals surface area contributed by atoms with Crippen molar-refractivity contribution < 1.29 is 9.26 Å². The van der Waals surface area contributed by atoms with Crippen molar-refractivity contribution in [1.29, 1.82) is 0 Å². The van der Waals surface area contributed by atoms with Crippen molar-refractivity contribution in [1.82, 2.24) is 20.1 Å². The molecule has 7 heteroatoms. The number of hydrogen-bond donors (Lipinski definition) is 1. The third kappa shape index (κ3) is 2.74. The number of hydrogen-bond acceptors (Lipinski definition) is 6. The first-order valence-corrected chi connectivity index (χ1v) is 8.26. The molecular formula is C15H16N4O2S. The van der Waals surface area contributed by atoms with E-state index in [1.807, 2.05) is 6.07 Å². The van der Waals surface area contributed by atoms with Crippen molar-refractivity contribution in [2.24, 2.45) is 0 Å². The van der Waals surface area contributed by atoms with Gasteiger partial charge in [-0.2, -0.15) is 4.98 Å². The summed E-state index contributed by atoms with van der Waals surface area (Å²) in [5, 5.41) is 4.92. The SMILES string of the molecule is Cc1ccc2nc(SCc3nc([C@@H]4CCOC4)no3)[nH]c2c1. The van der Waals surface area contributed by atoms with E-state index in [2.05, 4.69) is 39.2 Å². The molecule has 0 aliphatic carbocycles. The summed E-state index contributed by atoms with van der Waals surface area (Å²) in [6, 6.07) is 6.18. The maximum absolute atomic E-state index is 5.35. The van der Waals surface area contributed by atoms with Crippen LogP contribution in [0.1, 0.15) is 29.6 Å². The molecule has 1 aliphatic rings. The molecule has 1 fully saturated rings. The number of rotatable bonds is 4. The van der Waals surface area contributed by atoms with E-state index in [0.717, 1.165) is 35.0 Å². The number of ether oxygens (including phenoxy) is 1. The van der Waals surface area contributed by atoms with Crippen LogP contribution in [0.5, 0.6) is 0 Å². The highest BCUT2D eigenvalue weighted by atomic mass is 32.2. The number of aromatic nitrogens is 4. The van der Waals surface area contributed by atoms with Gasteiger partial charge in [0.2, 0.25) is 5.89 Å². The second-order valence-electron chi connectivity index (χ2n) is 5.46. The fourth-order valence-corrected chi connectivity index (χ4v) is 3.25. The molecule has 22 heavy (non-hydrogen) atoms. The van der Waals surface area contributed by atoms with Crippen LogP contribution in [-0.2, 0) is 10.5 Å². The zero-order valence-corrected chi connectivity index (χ0v) is 13.0. The van der Waals surface area contributed by atoms with Crippen molar-refractivity contribution in [2.75, 3.05) is 13.2 Å². The Labute approximate surface area is 131 Å². The number of thioether (sulfide) groups is 1. The maximum Gasteiger partial charge on any atom is 0.237 e. The van der Waals surface area contributed by atoms with Gasteiger partial charge in [-0.05, 0) is 31.0 Å². The molecule has 6 nitrogen and oxygen atoms in total. The van der Waals surface area contributed by atoms with Gasteiger partial charge >= 0.3 is 0 Å². The molecule has 1 saturated heterocycles. The minimum absolute atomic E-state index is 0.275. The molecule has 0 amide bonds. The number of aryl methyl sites for hydroxylation is 1. The Bertz CT molecular complexity index is 792. The van der Waals surface area contributed by atoms with Crippen molar-refractivity contribution >= 4 is 22.8 Å². The minimum Gasteiger partial charge on any atom is -0.381 e. The first-order chi connectivity index (χ1) is 10.8. The van der Waals surface area contributed by atoms with Crippen LogP contribution in [-0.4, -0.2) is 33.3 Å². The Hall–Kier alpha value is -1.86. The lowest BCUT2D eigenvalue weighted by Gasteiger charge is -1.97. The molecule has 2 aromatic heterocycles. The smallest absolute Gasteiger partial charge is 0.237 e. The van der Waals surface area contributed by atoms with Gasteiger partial charge in [0.1, 0.15) is 0 Å². The number of imidazole rings is 1. The quantitative estimate of drug-likeness (QED) is 0.746. The average Bonchev–Trinajstić information content (AvgIpc) is 3.24. The molecule has 3 heterocycles. The summed E-state index contributed by atoms with van der Waals surface area (Å²) in [5.74, 6) is 2.27. The highest BCUT2D eigenvalue weighted by Gasteiger charge is 2.23. The van der Waals surface area contributed by atoms with E-state index in [4.69, 9.17) is 9.26 Å². The number of nitrogens with zero attached hydrogens (tertiary/aromatic N) is 3. The molecule has 0 saturated carbocycles. The monoisotopic (exact) mass is 316 g/mol. The lowest BCUT2D eigenvalue weighted by molar-refractivity contribution is 0.192. The molecular weight excluding hydrogens is 300 g/mol. The van der Waals surface area contributed by atoms with E-state index < -0.39 is 0 Å². The number of fused-ring (bicyclic) bond motifs is 1. The first-order valence-electron chi connectivity index (χ1n) is 7.27. The summed E-state index contributed by atoms with van der Waals surface area (Å²) in [7, 11) is 0. The lowest BCUT2D eigenvalue weighted by Crippen LogP contribution is -1.99. The molecule has 1 aromatic carbocycles. The summed E-state index contributed by atoms with van der Waals surface area (Å²) in [6.07, 6.45) is 0.967. The van der Waals surface area contributed by atoms with E-state index in [1.165, 1.54) is 5.56 Å². The Morgan fingerprint density at radius 3 is 3.18 bits per heavy atom. The van der Waals surface area contributed by atoms with Crippen LogP contribution in [0.3, 0.4) is 0 Å². The zero-order chi connectivity index (χ0) is 14.9. The van der Waals surface area contributed by atoms with Gasteiger partial charge in [0.15, 0.2) is 11.0 Å². The Kier molecular flexibility index (Phi) is 3.59. The second kappa shape index (κ2) is 5.73. The van der Waals surface area contributed by atoms with Crippen molar-refractivity contribution in [3.8, 4) is 0 Å². The van der Waals surface area contributed by atoms with Gasteiger partial charge < -0.3 is 14.2 Å². The van der Waals surface area contributed by atoms with Gasteiger partial charge in [-0.3, -0.25) is 0 Å². The molecule has 4 rings (SSSR count). The molecule has 1 aliphatic heterocycles. The maximum atomic E-state index is 5.35. The number of benzene rings is 1. The van der Waals surface area contributed by atoms with Crippen molar-refractivity contribution in [2.45, 2.75) is 30.2 Å². The predicted molar refractivity (Wildman–Crippen MR) is 82.9 cm³/mol. The largest absolute Gasteiger partial charge is 0.381 e. The molecule has 1 N–H and O–H groups in total. The minimum atomic E-state index is 0.275. The van der Waals surface area contributed by atoms with Gasteiger partial charge in [0, 0.05) is 12.5 Å². The number of aromatic amines is 1. The Morgan fingerprint density at radius 2 is 2.32 bits per heavy atom. The normalized spacial score (nSPS) is 18.3. The summed E-state index contributed by atoms with van der Waals surface area (Å²) in [4.78, 5) is 12.3. The molecule has 1 atom stereocenters. The van der Waals surface area contributed by atoms with Crippen LogP contribution < -0.4 is 0 Å². The van der Waals surface area contributed by atoms with Gasteiger partial charge in [0.25, 0.3) is 0 Å². The van der Waals surface area contributed by atoms with Crippen LogP contribution in [0, 0.1) is 6.92 Å². The van der Waals surface area contributed by atoms with E-state index in [0.29, 0.717) is 18.3 Å². The van der Waals surface area contributed by atoms with E-state index >= 15 is 0 Å². The second-order valence-corrected chi connectivity index (χ2v) is 6.42. The van der Waals surface area contributed by atoms with Gasteiger partial charge in [-0.1, -0.05) is 23.0 Å². The molecule has 0 spiro atoms. The topological polar surface area (TPSA) is 76.8 Å². The summed E-state index contributed by atoms with van der Waals surface area (Å²) < 4.78 is 10.7. The third-order valence-corrected chi connectivity index (χ3v) is 4.58. The Balaban J connectivity index is 1.44. The highest BCUT2D eigenvalue weighted by Crippen LogP contribution is 2.26. The molecule has 114 valence electrons.